The number of piperidine rings is 1. The number of rotatable bonds is 5. The van der Waals surface area contributed by atoms with E-state index in [0.717, 1.165) is 39.1 Å². The molecule has 0 radical (unpaired) electrons. The van der Waals surface area contributed by atoms with E-state index in [-0.39, 0.29) is 5.97 Å². The molecule has 0 N–H and O–H groups in total. The fourth-order valence-corrected chi connectivity index (χ4v) is 2.00. The Hall–Kier alpha value is -0.870. The monoisotopic (exact) mass is 241 g/mol. The molecule has 1 aliphatic rings. The number of likely N-dealkylation sites (tertiary alicyclic amines) is 1. The molecule has 1 saturated heterocycles. The quantitative estimate of drug-likeness (QED) is 0.541. The summed E-state index contributed by atoms with van der Waals surface area (Å²) in [5, 5.41) is 0. The molecule has 0 atom stereocenters. The Morgan fingerprint density at radius 2 is 2.06 bits per heavy atom. The van der Waals surface area contributed by atoms with Crippen LogP contribution in [0.15, 0.2) is 11.6 Å². The molecule has 0 aromatic rings. The van der Waals surface area contributed by atoms with E-state index in [4.69, 9.17) is 4.74 Å². The largest absolute Gasteiger partial charge is 0.466 e. The van der Waals surface area contributed by atoms with E-state index in [0.29, 0.717) is 11.7 Å². The maximum absolute atomic E-state index is 11.2. The van der Waals surface area contributed by atoms with Crippen molar-refractivity contribution in [2.75, 3.05) is 33.4 Å². The van der Waals surface area contributed by atoms with Crippen molar-refractivity contribution in [3.05, 3.63) is 11.6 Å². The Bertz CT molecular complexity index is 268. The summed E-state index contributed by atoms with van der Waals surface area (Å²) in [6.45, 7) is 7.52. The Kier molecular flexibility index (Phi) is 6.22. The van der Waals surface area contributed by atoms with Crippen LogP contribution in [0.5, 0.6) is 0 Å². The van der Waals surface area contributed by atoms with Crippen LogP contribution in [0, 0.1) is 0 Å². The van der Waals surface area contributed by atoms with Gasteiger partial charge in [-0.15, -0.1) is 0 Å². The third kappa shape index (κ3) is 4.88. The van der Waals surface area contributed by atoms with E-state index < -0.39 is 0 Å². The predicted octanol–water partition coefficient (Wildman–Crippen LogP) is 1.61. The first-order valence-electron chi connectivity index (χ1n) is 6.26. The molecule has 0 bridgehead atoms. The molecule has 0 saturated carbocycles. The maximum Gasteiger partial charge on any atom is 0.333 e. The molecule has 1 aliphatic heterocycles. The normalized spacial score (nSPS) is 19.4. The van der Waals surface area contributed by atoms with Gasteiger partial charge in [0, 0.05) is 31.8 Å². The number of carbonyl (C=O) groups excluding carboxylic acids is 1. The first-order valence-corrected chi connectivity index (χ1v) is 6.26. The number of nitrogens with zero attached hydrogens (tertiary/aromatic N) is 1. The van der Waals surface area contributed by atoms with Gasteiger partial charge < -0.3 is 9.47 Å². The van der Waals surface area contributed by atoms with Crippen molar-refractivity contribution in [2.45, 2.75) is 32.8 Å². The molecular weight excluding hydrogens is 218 g/mol. The molecule has 1 heterocycles. The van der Waals surface area contributed by atoms with Crippen LogP contribution in [0.3, 0.4) is 0 Å². The highest BCUT2D eigenvalue weighted by molar-refractivity contribution is 5.87. The second-order valence-electron chi connectivity index (χ2n) is 4.33. The second kappa shape index (κ2) is 7.45. The van der Waals surface area contributed by atoms with E-state index in [1.165, 1.54) is 7.11 Å². The standard InChI is InChI=1S/C13H23NO3/c1-4-17-12-6-9-14(10-7-12)8-5-11(2)13(15)16-3/h5,12H,4,6-10H2,1-3H3. The van der Waals surface area contributed by atoms with Gasteiger partial charge in [-0.1, -0.05) is 6.08 Å². The minimum Gasteiger partial charge on any atom is -0.466 e. The van der Waals surface area contributed by atoms with Crippen molar-refractivity contribution in [1.29, 1.82) is 0 Å². The average Bonchev–Trinajstić information content (AvgIpc) is 2.37. The smallest absolute Gasteiger partial charge is 0.333 e. The van der Waals surface area contributed by atoms with Gasteiger partial charge in [0.15, 0.2) is 0 Å². The molecule has 0 aromatic carbocycles. The first-order chi connectivity index (χ1) is 8.17. The minimum absolute atomic E-state index is 0.241. The van der Waals surface area contributed by atoms with Crippen molar-refractivity contribution in [2.24, 2.45) is 0 Å². The van der Waals surface area contributed by atoms with Crippen molar-refractivity contribution in [1.82, 2.24) is 4.90 Å². The Morgan fingerprint density at radius 1 is 1.41 bits per heavy atom. The lowest BCUT2D eigenvalue weighted by atomic mass is 10.1. The molecule has 17 heavy (non-hydrogen) atoms. The summed E-state index contributed by atoms with van der Waals surface area (Å²) < 4.78 is 10.3. The molecule has 4 nitrogen and oxygen atoms in total. The van der Waals surface area contributed by atoms with Crippen LogP contribution in [0.25, 0.3) is 0 Å². The number of hydrogen-bond donors (Lipinski definition) is 0. The van der Waals surface area contributed by atoms with Crippen LogP contribution in [-0.2, 0) is 14.3 Å². The van der Waals surface area contributed by atoms with Crippen molar-refractivity contribution < 1.29 is 14.3 Å². The van der Waals surface area contributed by atoms with Gasteiger partial charge in [0.1, 0.15) is 0 Å². The van der Waals surface area contributed by atoms with Gasteiger partial charge >= 0.3 is 5.97 Å². The molecule has 1 fully saturated rings. The van der Waals surface area contributed by atoms with Crippen LogP contribution in [-0.4, -0.2) is 50.3 Å². The summed E-state index contributed by atoms with van der Waals surface area (Å²) in [5.74, 6) is -0.241. The molecule has 0 aliphatic carbocycles. The average molecular weight is 241 g/mol. The van der Waals surface area contributed by atoms with E-state index >= 15 is 0 Å². The van der Waals surface area contributed by atoms with Gasteiger partial charge in [0.25, 0.3) is 0 Å². The number of ether oxygens (including phenoxy) is 2. The summed E-state index contributed by atoms with van der Waals surface area (Å²) >= 11 is 0. The lowest BCUT2D eigenvalue weighted by Crippen LogP contribution is -2.37. The zero-order chi connectivity index (χ0) is 12.7. The molecule has 0 unspecified atom stereocenters. The summed E-state index contributed by atoms with van der Waals surface area (Å²) in [7, 11) is 1.41. The fourth-order valence-electron chi connectivity index (χ4n) is 2.00. The first kappa shape index (κ1) is 14.2. The Morgan fingerprint density at radius 3 is 2.59 bits per heavy atom. The maximum atomic E-state index is 11.2. The van der Waals surface area contributed by atoms with Gasteiger partial charge in [0.2, 0.25) is 0 Å². The van der Waals surface area contributed by atoms with Crippen LogP contribution >= 0.6 is 0 Å². The van der Waals surface area contributed by atoms with Gasteiger partial charge in [-0.05, 0) is 26.7 Å². The van der Waals surface area contributed by atoms with Crippen LogP contribution in [0.1, 0.15) is 26.7 Å². The molecule has 98 valence electrons. The van der Waals surface area contributed by atoms with E-state index in [9.17, 15) is 4.79 Å². The SMILES string of the molecule is CCOC1CCN(CC=C(C)C(=O)OC)CC1. The topological polar surface area (TPSA) is 38.8 Å². The third-order valence-electron chi connectivity index (χ3n) is 3.10. The third-order valence-corrected chi connectivity index (χ3v) is 3.10. The van der Waals surface area contributed by atoms with Gasteiger partial charge in [-0.2, -0.15) is 0 Å². The van der Waals surface area contributed by atoms with Gasteiger partial charge in [-0.25, -0.2) is 4.79 Å². The van der Waals surface area contributed by atoms with Crippen molar-refractivity contribution >= 4 is 5.97 Å². The van der Waals surface area contributed by atoms with Crippen LogP contribution < -0.4 is 0 Å². The number of esters is 1. The summed E-state index contributed by atoms with van der Waals surface area (Å²) in [4.78, 5) is 13.5. The highest BCUT2D eigenvalue weighted by Crippen LogP contribution is 2.13. The van der Waals surface area contributed by atoms with Crippen LogP contribution in [0.2, 0.25) is 0 Å². The van der Waals surface area contributed by atoms with Crippen molar-refractivity contribution in [3.8, 4) is 0 Å². The molecule has 1 rings (SSSR count). The molecule has 0 aromatic heterocycles. The molecule has 0 spiro atoms. The number of hydrogen-bond acceptors (Lipinski definition) is 4. The summed E-state index contributed by atoms with van der Waals surface area (Å²) in [6, 6.07) is 0. The minimum atomic E-state index is -0.241. The zero-order valence-electron chi connectivity index (χ0n) is 11.1. The van der Waals surface area contributed by atoms with Crippen molar-refractivity contribution in [3.63, 3.8) is 0 Å². The second-order valence-corrected chi connectivity index (χ2v) is 4.33. The molecular formula is C13H23NO3. The Balaban J connectivity index is 2.28. The van der Waals surface area contributed by atoms with E-state index in [1.807, 2.05) is 13.0 Å². The highest BCUT2D eigenvalue weighted by Gasteiger charge is 2.18. The highest BCUT2D eigenvalue weighted by atomic mass is 16.5. The van der Waals surface area contributed by atoms with E-state index in [1.54, 1.807) is 6.92 Å². The van der Waals surface area contributed by atoms with Gasteiger partial charge in [0.05, 0.1) is 13.2 Å². The van der Waals surface area contributed by atoms with Gasteiger partial charge in [-0.3, -0.25) is 4.90 Å². The molecule has 4 heteroatoms. The lowest BCUT2D eigenvalue weighted by Gasteiger charge is -2.30. The number of carbonyl (C=O) groups is 1. The summed E-state index contributed by atoms with van der Waals surface area (Å²) in [5.41, 5.74) is 0.680. The zero-order valence-corrected chi connectivity index (χ0v) is 11.1. The summed E-state index contributed by atoms with van der Waals surface area (Å²) in [6.07, 6.45) is 4.52. The Labute approximate surface area is 104 Å². The molecule has 0 amide bonds. The van der Waals surface area contributed by atoms with Crippen LogP contribution in [0.4, 0.5) is 0 Å². The van der Waals surface area contributed by atoms with E-state index in [2.05, 4.69) is 9.64 Å². The fraction of sp³-hybridized carbons (Fsp3) is 0.769. The number of methoxy groups -OCH3 is 1. The lowest BCUT2D eigenvalue weighted by molar-refractivity contribution is -0.136. The predicted molar refractivity (Wildman–Crippen MR) is 66.9 cm³/mol.